The van der Waals surface area contributed by atoms with E-state index in [4.69, 9.17) is 0 Å². The average Bonchev–Trinajstić information content (AvgIpc) is 3.09. The predicted molar refractivity (Wildman–Crippen MR) is 58.0 cm³/mol. The van der Waals surface area contributed by atoms with Crippen LogP contribution < -0.4 is 11.1 Å². The third kappa shape index (κ3) is 1.25. The number of nitrogens with one attached hydrogen (secondary N) is 1. The number of hydrogen-bond acceptors (Lipinski definition) is 3. The van der Waals surface area contributed by atoms with Crippen molar-refractivity contribution in [3.8, 4) is 0 Å². The van der Waals surface area contributed by atoms with Crippen molar-refractivity contribution in [2.75, 3.05) is 0 Å². The lowest BCUT2D eigenvalue weighted by molar-refractivity contribution is 0.186. The third-order valence-electron chi connectivity index (χ3n) is 2.93. The van der Waals surface area contributed by atoms with Gasteiger partial charge < -0.3 is 10.2 Å². The van der Waals surface area contributed by atoms with E-state index in [0.29, 0.717) is 21.7 Å². The predicted octanol–water partition coefficient (Wildman–Crippen LogP) is 0.804. The van der Waals surface area contributed by atoms with Crippen molar-refractivity contribution in [1.82, 2.24) is 9.71 Å². The van der Waals surface area contributed by atoms with Gasteiger partial charge in [-0.25, -0.2) is 0 Å². The summed E-state index contributed by atoms with van der Waals surface area (Å²) in [7, 11) is 0. The van der Waals surface area contributed by atoms with Crippen molar-refractivity contribution in [2.24, 2.45) is 0 Å². The Morgan fingerprint density at radius 1 is 1.31 bits per heavy atom. The molecule has 2 aromatic rings. The Kier molecular flexibility index (Phi) is 1.71. The van der Waals surface area contributed by atoms with Gasteiger partial charge in [0.25, 0.3) is 0 Å². The number of aromatic amines is 1. The average molecular weight is 218 g/mol. The van der Waals surface area contributed by atoms with Crippen LogP contribution in [0.5, 0.6) is 0 Å². The molecule has 0 radical (unpaired) electrons. The molecule has 0 atom stereocenters. The number of fused-ring (bicyclic) bond motifs is 1. The molecule has 1 saturated carbocycles. The van der Waals surface area contributed by atoms with E-state index >= 15 is 0 Å². The van der Waals surface area contributed by atoms with Crippen LogP contribution in [-0.4, -0.2) is 14.9 Å². The van der Waals surface area contributed by atoms with E-state index in [-0.39, 0.29) is 0 Å². The van der Waals surface area contributed by atoms with Crippen LogP contribution in [0.3, 0.4) is 0 Å². The molecule has 0 amide bonds. The minimum absolute atomic E-state index is 0.328. The maximum absolute atomic E-state index is 11.2. The van der Waals surface area contributed by atoms with E-state index in [1.54, 1.807) is 6.07 Å². The summed E-state index contributed by atoms with van der Waals surface area (Å²) in [6.07, 6.45) is 2.32. The highest BCUT2D eigenvalue weighted by Crippen LogP contribution is 2.40. The van der Waals surface area contributed by atoms with Crippen molar-refractivity contribution < 1.29 is 5.21 Å². The second-order valence-electron chi connectivity index (χ2n) is 4.12. The molecule has 3 rings (SSSR count). The van der Waals surface area contributed by atoms with Gasteiger partial charge in [0.2, 0.25) is 0 Å². The van der Waals surface area contributed by atoms with Gasteiger partial charge in [-0.1, -0.05) is 6.07 Å². The Morgan fingerprint density at radius 3 is 2.75 bits per heavy atom. The molecule has 2 N–H and O–H groups in total. The molecule has 5 heteroatoms. The maximum atomic E-state index is 11.2. The van der Waals surface area contributed by atoms with Crippen molar-refractivity contribution >= 4 is 11.0 Å². The molecular weight excluding hydrogens is 208 g/mol. The Bertz CT molecular complexity index is 680. The zero-order valence-corrected chi connectivity index (χ0v) is 8.43. The fraction of sp³-hybridized carbons (Fsp3) is 0.273. The SMILES string of the molecule is O=c1[nH]c2cc(C3CC3)ccc2n(O)c1=O. The molecule has 0 bridgehead atoms. The van der Waals surface area contributed by atoms with Gasteiger partial charge >= 0.3 is 11.1 Å². The van der Waals surface area contributed by atoms with Gasteiger partial charge in [-0.3, -0.25) is 9.59 Å². The molecule has 16 heavy (non-hydrogen) atoms. The van der Waals surface area contributed by atoms with E-state index < -0.39 is 11.1 Å². The summed E-state index contributed by atoms with van der Waals surface area (Å²) in [5.41, 5.74) is 0.210. The Morgan fingerprint density at radius 2 is 2.06 bits per heavy atom. The number of rotatable bonds is 1. The molecule has 0 saturated heterocycles. The lowest BCUT2D eigenvalue weighted by Gasteiger charge is -2.04. The molecule has 0 aliphatic heterocycles. The smallest absolute Gasteiger partial charge is 0.348 e. The van der Waals surface area contributed by atoms with Gasteiger partial charge in [0.05, 0.1) is 5.52 Å². The number of nitrogens with zero attached hydrogens (tertiary/aromatic N) is 1. The highest BCUT2D eigenvalue weighted by molar-refractivity contribution is 5.75. The van der Waals surface area contributed by atoms with Crippen LogP contribution in [0.25, 0.3) is 11.0 Å². The number of aromatic nitrogens is 2. The first kappa shape index (κ1) is 9.21. The first-order valence-electron chi connectivity index (χ1n) is 5.15. The topological polar surface area (TPSA) is 75.1 Å². The molecule has 1 aliphatic carbocycles. The molecule has 82 valence electrons. The summed E-state index contributed by atoms with van der Waals surface area (Å²) in [6, 6.07) is 5.35. The zero-order chi connectivity index (χ0) is 11.3. The van der Waals surface area contributed by atoms with Gasteiger partial charge in [0, 0.05) is 0 Å². The first-order valence-corrected chi connectivity index (χ1v) is 5.15. The van der Waals surface area contributed by atoms with Gasteiger partial charge in [0.15, 0.2) is 0 Å². The van der Waals surface area contributed by atoms with E-state index in [9.17, 15) is 14.8 Å². The molecule has 0 unspecified atom stereocenters. The van der Waals surface area contributed by atoms with Crippen LogP contribution in [0.2, 0.25) is 0 Å². The lowest BCUT2D eigenvalue weighted by atomic mass is 10.1. The van der Waals surface area contributed by atoms with E-state index in [1.807, 2.05) is 12.1 Å². The second-order valence-corrected chi connectivity index (χ2v) is 4.12. The van der Waals surface area contributed by atoms with Crippen molar-refractivity contribution in [1.29, 1.82) is 0 Å². The first-order chi connectivity index (χ1) is 7.66. The van der Waals surface area contributed by atoms with Crippen molar-refractivity contribution in [3.63, 3.8) is 0 Å². The highest BCUT2D eigenvalue weighted by Gasteiger charge is 2.23. The van der Waals surface area contributed by atoms with Gasteiger partial charge in [0.1, 0.15) is 5.52 Å². The molecule has 0 spiro atoms. The largest absolute Gasteiger partial charge is 0.425 e. The fourth-order valence-corrected chi connectivity index (χ4v) is 1.89. The van der Waals surface area contributed by atoms with Crippen molar-refractivity contribution in [3.05, 3.63) is 44.5 Å². The van der Waals surface area contributed by atoms with Crippen LogP contribution in [0, 0.1) is 0 Å². The monoisotopic (exact) mass is 218 g/mol. The molecule has 5 nitrogen and oxygen atoms in total. The van der Waals surface area contributed by atoms with Crippen LogP contribution in [0.1, 0.15) is 24.3 Å². The number of benzene rings is 1. The third-order valence-corrected chi connectivity index (χ3v) is 2.93. The standard InChI is InChI=1S/C11H10N2O3/c14-10-11(15)13(16)9-4-3-7(6-1-2-6)5-8(9)12-10/h3-6,16H,1-2H2,(H,12,14). The Labute approximate surface area is 89.9 Å². The van der Waals surface area contributed by atoms with E-state index in [2.05, 4.69) is 4.98 Å². The summed E-state index contributed by atoms with van der Waals surface area (Å²) in [5.74, 6) is 0.562. The van der Waals surface area contributed by atoms with Gasteiger partial charge in [-0.15, -0.1) is 4.73 Å². The maximum Gasteiger partial charge on any atom is 0.348 e. The Hall–Kier alpha value is -2.04. The number of H-pyrrole nitrogens is 1. The molecule has 1 aromatic heterocycles. The molecule has 1 heterocycles. The normalized spacial score (nSPS) is 15.5. The van der Waals surface area contributed by atoms with Crippen LogP contribution in [0.15, 0.2) is 27.8 Å². The molecule has 1 aliphatic rings. The fourth-order valence-electron chi connectivity index (χ4n) is 1.89. The highest BCUT2D eigenvalue weighted by atomic mass is 16.5. The molecule has 1 fully saturated rings. The minimum Gasteiger partial charge on any atom is -0.425 e. The summed E-state index contributed by atoms with van der Waals surface area (Å²) < 4.78 is 0.394. The molecular formula is C11H10N2O3. The lowest BCUT2D eigenvalue weighted by Crippen LogP contribution is -2.35. The van der Waals surface area contributed by atoms with E-state index in [0.717, 1.165) is 18.4 Å². The van der Waals surface area contributed by atoms with Crippen LogP contribution >= 0.6 is 0 Å². The quantitative estimate of drug-likeness (QED) is 0.549. The van der Waals surface area contributed by atoms with Crippen molar-refractivity contribution in [2.45, 2.75) is 18.8 Å². The van der Waals surface area contributed by atoms with Crippen LogP contribution in [-0.2, 0) is 0 Å². The summed E-state index contributed by atoms with van der Waals surface area (Å²) in [4.78, 5) is 24.9. The second kappa shape index (κ2) is 2.98. The Balaban J connectivity index is 2.36. The summed E-state index contributed by atoms with van der Waals surface area (Å²) >= 11 is 0. The minimum atomic E-state index is -0.952. The number of hydrogen-bond donors (Lipinski definition) is 2. The summed E-state index contributed by atoms with van der Waals surface area (Å²) in [5, 5.41) is 9.47. The summed E-state index contributed by atoms with van der Waals surface area (Å²) in [6.45, 7) is 0. The van der Waals surface area contributed by atoms with E-state index in [1.165, 1.54) is 0 Å². The van der Waals surface area contributed by atoms with Gasteiger partial charge in [-0.05, 0) is 36.5 Å². The molecule has 1 aromatic carbocycles. The zero-order valence-electron chi connectivity index (χ0n) is 8.43. The van der Waals surface area contributed by atoms with Crippen LogP contribution in [0.4, 0.5) is 0 Å². The van der Waals surface area contributed by atoms with Gasteiger partial charge in [-0.2, -0.15) is 0 Å².